The lowest BCUT2D eigenvalue weighted by Gasteiger charge is -2.27. The molecule has 1 aliphatic rings. The maximum Gasteiger partial charge on any atom is 0.244 e. The van der Waals surface area contributed by atoms with Crippen LogP contribution in [0.15, 0.2) is 30.3 Å². The van der Waals surface area contributed by atoms with Crippen LogP contribution in [0.25, 0.3) is 0 Å². The van der Waals surface area contributed by atoms with Crippen LogP contribution in [-0.2, 0) is 4.79 Å². The Balaban J connectivity index is 1.95. The van der Waals surface area contributed by atoms with Gasteiger partial charge < -0.3 is 10.6 Å². The van der Waals surface area contributed by atoms with Crippen molar-refractivity contribution in [3.8, 4) is 0 Å². The Hall–Kier alpha value is -1.00. The van der Waals surface area contributed by atoms with E-state index in [9.17, 15) is 4.79 Å². The largest absolute Gasteiger partial charge is 0.341 e. The molecule has 0 aliphatic heterocycles. The Morgan fingerprint density at radius 3 is 2.75 bits per heavy atom. The molecular weight excluding hydrogens is 268 g/mol. The summed E-state index contributed by atoms with van der Waals surface area (Å²) < 4.78 is 0. The zero-order valence-electron chi connectivity index (χ0n) is 12.3. The number of amides is 1. The summed E-state index contributed by atoms with van der Waals surface area (Å²) in [7, 11) is 1.90. The Kier molecular flexibility index (Phi) is 5.49. The molecule has 2 rings (SSSR count). The fourth-order valence-corrected chi connectivity index (χ4v) is 3.99. The van der Waals surface area contributed by atoms with Crippen molar-refractivity contribution in [1.29, 1.82) is 0 Å². The second-order valence-electron chi connectivity index (χ2n) is 5.38. The highest BCUT2D eigenvalue weighted by Gasteiger charge is 2.31. The predicted molar refractivity (Wildman–Crippen MR) is 85.7 cm³/mol. The molecule has 4 heteroatoms. The monoisotopic (exact) mass is 292 g/mol. The van der Waals surface area contributed by atoms with E-state index in [0.29, 0.717) is 11.3 Å². The summed E-state index contributed by atoms with van der Waals surface area (Å²) >= 11 is 2.01. The number of benzene rings is 1. The molecule has 3 unspecified atom stereocenters. The molecule has 1 aromatic carbocycles. The van der Waals surface area contributed by atoms with Crippen molar-refractivity contribution in [1.82, 2.24) is 4.90 Å². The number of carbonyl (C=O) groups excluding carboxylic acids is 1. The number of hydrogen-bond donors (Lipinski definition) is 1. The van der Waals surface area contributed by atoms with Gasteiger partial charge in [-0.05, 0) is 30.6 Å². The van der Waals surface area contributed by atoms with E-state index >= 15 is 0 Å². The molecule has 0 aromatic heterocycles. The zero-order chi connectivity index (χ0) is 14.5. The molecule has 0 bridgehead atoms. The number of nitrogens with zero attached hydrogens (tertiary/aromatic N) is 1. The van der Waals surface area contributed by atoms with Gasteiger partial charge in [0.25, 0.3) is 0 Å². The van der Waals surface area contributed by atoms with E-state index in [2.05, 4.69) is 6.92 Å². The molecule has 3 atom stereocenters. The SMILES string of the molecule is CCSC1CCC(N(C)C(=O)C(N)c2ccccc2)C1. The minimum Gasteiger partial charge on any atom is -0.341 e. The van der Waals surface area contributed by atoms with Crippen LogP contribution in [-0.4, -0.2) is 34.9 Å². The van der Waals surface area contributed by atoms with Gasteiger partial charge in [-0.1, -0.05) is 37.3 Å². The van der Waals surface area contributed by atoms with E-state index in [1.54, 1.807) is 0 Å². The summed E-state index contributed by atoms with van der Waals surface area (Å²) in [4.78, 5) is 14.4. The number of rotatable bonds is 5. The highest BCUT2D eigenvalue weighted by Crippen LogP contribution is 2.32. The summed E-state index contributed by atoms with van der Waals surface area (Å²) in [6.45, 7) is 2.19. The minimum atomic E-state index is -0.543. The molecular formula is C16H24N2OS. The van der Waals surface area contributed by atoms with Crippen molar-refractivity contribution in [3.63, 3.8) is 0 Å². The molecule has 3 nitrogen and oxygen atoms in total. The quantitative estimate of drug-likeness (QED) is 0.907. The normalized spacial score (nSPS) is 23.6. The van der Waals surface area contributed by atoms with Crippen molar-refractivity contribution >= 4 is 17.7 Å². The van der Waals surface area contributed by atoms with Gasteiger partial charge in [-0.2, -0.15) is 11.8 Å². The van der Waals surface area contributed by atoms with Crippen LogP contribution in [0.3, 0.4) is 0 Å². The van der Waals surface area contributed by atoms with Crippen molar-refractivity contribution in [2.75, 3.05) is 12.8 Å². The van der Waals surface area contributed by atoms with Gasteiger partial charge in [-0.25, -0.2) is 0 Å². The van der Waals surface area contributed by atoms with Crippen molar-refractivity contribution < 1.29 is 4.79 Å². The maximum atomic E-state index is 12.5. The van der Waals surface area contributed by atoms with Crippen LogP contribution >= 0.6 is 11.8 Å². The van der Waals surface area contributed by atoms with Gasteiger partial charge in [0.05, 0.1) is 0 Å². The molecule has 0 heterocycles. The summed E-state index contributed by atoms with van der Waals surface area (Å²) in [6.07, 6.45) is 3.41. The number of likely N-dealkylation sites (N-methyl/N-ethyl adjacent to an activating group) is 1. The molecule has 0 radical (unpaired) electrons. The highest BCUT2D eigenvalue weighted by molar-refractivity contribution is 7.99. The standard InChI is InChI=1S/C16H24N2OS/c1-3-20-14-10-9-13(11-14)18(2)16(19)15(17)12-7-5-4-6-8-12/h4-8,13-15H,3,9-11,17H2,1-2H3. The van der Waals surface area contributed by atoms with Crippen LogP contribution in [0.1, 0.15) is 37.8 Å². The summed E-state index contributed by atoms with van der Waals surface area (Å²) in [6, 6.07) is 9.42. The van der Waals surface area contributed by atoms with Crippen LogP contribution in [0.2, 0.25) is 0 Å². The molecule has 2 N–H and O–H groups in total. The molecule has 20 heavy (non-hydrogen) atoms. The van der Waals surface area contributed by atoms with Gasteiger partial charge in [0.2, 0.25) is 5.91 Å². The Morgan fingerprint density at radius 1 is 1.40 bits per heavy atom. The first-order valence-electron chi connectivity index (χ1n) is 7.32. The van der Waals surface area contributed by atoms with Crippen molar-refractivity contribution in [2.24, 2.45) is 5.73 Å². The predicted octanol–water partition coefficient (Wildman–Crippen LogP) is 2.82. The van der Waals surface area contributed by atoms with Crippen LogP contribution < -0.4 is 5.73 Å². The van der Waals surface area contributed by atoms with Gasteiger partial charge in [0.15, 0.2) is 0 Å². The first-order valence-corrected chi connectivity index (χ1v) is 8.37. The second kappa shape index (κ2) is 7.14. The fraction of sp³-hybridized carbons (Fsp3) is 0.562. The average molecular weight is 292 g/mol. The van der Waals surface area contributed by atoms with Gasteiger partial charge in [0, 0.05) is 18.3 Å². The van der Waals surface area contributed by atoms with Gasteiger partial charge in [0.1, 0.15) is 6.04 Å². The molecule has 1 fully saturated rings. The van der Waals surface area contributed by atoms with Gasteiger partial charge in [-0.15, -0.1) is 0 Å². The third-order valence-corrected chi connectivity index (χ3v) is 5.31. The summed E-state index contributed by atoms with van der Waals surface area (Å²) in [5.74, 6) is 1.18. The third kappa shape index (κ3) is 3.55. The second-order valence-corrected chi connectivity index (χ2v) is 6.96. The zero-order valence-corrected chi connectivity index (χ0v) is 13.1. The highest BCUT2D eigenvalue weighted by atomic mass is 32.2. The van der Waals surface area contributed by atoms with E-state index in [0.717, 1.165) is 24.2 Å². The number of hydrogen-bond acceptors (Lipinski definition) is 3. The number of carbonyl (C=O) groups is 1. The lowest BCUT2D eigenvalue weighted by atomic mass is 10.1. The summed E-state index contributed by atoms with van der Waals surface area (Å²) in [5, 5.41) is 0.702. The molecule has 1 saturated carbocycles. The topological polar surface area (TPSA) is 46.3 Å². The average Bonchev–Trinajstić information content (AvgIpc) is 2.95. The number of nitrogens with two attached hydrogens (primary N) is 1. The minimum absolute atomic E-state index is 0.0309. The maximum absolute atomic E-state index is 12.5. The first-order chi connectivity index (χ1) is 9.63. The van der Waals surface area contributed by atoms with E-state index in [4.69, 9.17) is 5.73 Å². The van der Waals surface area contributed by atoms with E-state index in [1.165, 1.54) is 6.42 Å². The van der Waals surface area contributed by atoms with E-state index in [1.807, 2.05) is 54.0 Å². The lowest BCUT2D eigenvalue weighted by molar-refractivity contribution is -0.133. The molecule has 0 spiro atoms. The smallest absolute Gasteiger partial charge is 0.244 e. The molecule has 110 valence electrons. The van der Waals surface area contributed by atoms with E-state index in [-0.39, 0.29) is 5.91 Å². The molecule has 1 amide bonds. The molecule has 0 saturated heterocycles. The Bertz CT molecular complexity index is 437. The molecule has 1 aliphatic carbocycles. The number of thioether (sulfide) groups is 1. The van der Waals surface area contributed by atoms with Gasteiger partial charge in [-0.3, -0.25) is 4.79 Å². The lowest BCUT2D eigenvalue weighted by Crippen LogP contribution is -2.41. The third-order valence-electron chi connectivity index (χ3n) is 4.08. The Morgan fingerprint density at radius 2 is 2.10 bits per heavy atom. The van der Waals surface area contributed by atoms with Crippen LogP contribution in [0, 0.1) is 0 Å². The Labute approximate surface area is 125 Å². The van der Waals surface area contributed by atoms with Crippen molar-refractivity contribution in [2.45, 2.75) is 43.5 Å². The van der Waals surface area contributed by atoms with Crippen molar-refractivity contribution in [3.05, 3.63) is 35.9 Å². The fourth-order valence-electron chi connectivity index (χ4n) is 2.86. The van der Waals surface area contributed by atoms with Gasteiger partial charge >= 0.3 is 0 Å². The first kappa shape index (κ1) is 15.4. The van der Waals surface area contributed by atoms with E-state index < -0.39 is 6.04 Å². The summed E-state index contributed by atoms with van der Waals surface area (Å²) in [5.41, 5.74) is 6.99. The van der Waals surface area contributed by atoms with Crippen LogP contribution in [0.5, 0.6) is 0 Å². The molecule has 1 aromatic rings. The van der Waals surface area contributed by atoms with Crippen LogP contribution in [0.4, 0.5) is 0 Å².